The van der Waals surface area contributed by atoms with Gasteiger partial charge in [0.05, 0.1) is 23.0 Å². The lowest BCUT2D eigenvalue weighted by atomic mass is 9.79. The van der Waals surface area contributed by atoms with Crippen molar-refractivity contribution in [2.24, 2.45) is 17.8 Å². The normalized spacial score (nSPS) is 28.0. The molecule has 4 aliphatic rings. The highest BCUT2D eigenvalue weighted by Crippen LogP contribution is 2.44. The smallest absolute Gasteiger partial charge is 0.256 e. The number of carbonyl (C=O) groups is 2. The lowest BCUT2D eigenvalue weighted by molar-refractivity contribution is -0.128. The number of nitrogens with zero attached hydrogens (tertiary/aromatic N) is 6. The van der Waals surface area contributed by atoms with Crippen LogP contribution < -0.4 is 0 Å². The second-order valence-corrected chi connectivity index (χ2v) is 16.2. The summed E-state index contributed by atoms with van der Waals surface area (Å²) in [6.45, 7) is 14.8. The Morgan fingerprint density at radius 2 is 1.91 bits per heavy atom. The fourth-order valence-corrected chi connectivity index (χ4v) is 9.28. The molecule has 8 nitrogen and oxygen atoms in total. The standard InChI is InChI=1S/C37H49FN6O2S/c1-23(2)40(5)36(46)32-13-30(38)6-7-33(32)44-18-28(35-24(3)14-39-15-34(35)44)10-26-8-9-41(16-26)17-27-11-31(12-27)43-20-29-19-42(25(4)45)21-37(29,47)22-43/h6-7,13-15,18,23,26-27,29,31,47H,8-12,16-17,19-22H2,1-5H3/t26-,27-,29?,31+,37+/m1/s1. The summed E-state index contributed by atoms with van der Waals surface area (Å²) in [5, 5.41) is 1.18. The second kappa shape index (κ2) is 12.5. The van der Waals surface area contributed by atoms with E-state index in [2.05, 4.69) is 27.9 Å². The zero-order valence-corrected chi connectivity index (χ0v) is 29.3. The van der Waals surface area contributed by atoms with Crippen molar-refractivity contribution in [3.63, 3.8) is 0 Å². The van der Waals surface area contributed by atoms with Crippen LogP contribution >= 0.6 is 12.6 Å². The number of halogens is 1. The van der Waals surface area contributed by atoms with Crippen molar-refractivity contribution in [2.45, 2.75) is 70.2 Å². The minimum atomic E-state index is -0.418. The molecule has 4 fully saturated rings. The Kier molecular flexibility index (Phi) is 8.66. The predicted molar refractivity (Wildman–Crippen MR) is 187 cm³/mol. The number of hydrogen-bond acceptors (Lipinski definition) is 6. The van der Waals surface area contributed by atoms with Gasteiger partial charge < -0.3 is 19.3 Å². The van der Waals surface area contributed by atoms with Crippen LogP contribution in [0.4, 0.5) is 4.39 Å². The molecule has 0 bridgehead atoms. The molecule has 7 rings (SSSR count). The van der Waals surface area contributed by atoms with E-state index in [0.29, 0.717) is 29.1 Å². The van der Waals surface area contributed by atoms with E-state index in [4.69, 9.17) is 12.6 Å². The Bertz CT molecular complexity index is 1690. The van der Waals surface area contributed by atoms with E-state index >= 15 is 0 Å². The first-order valence-corrected chi connectivity index (χ1v) is 17.8. The number of fused-ring (bicyclic) bond motifs is 2. The number of amides is 2. The summed E-state index contributed by atoms with van der Waals surface area (Å²) < 4.78 is 16.5. The third-order valence-corrected chi connectivity index (χ3v) is 12.3. The van der Waals surface area contributed by atoms with E-state index in [0.717, 1.165) is 62.7 Å². The van der Waals surface area contributed by atoms with Crippen LogP contribution in [0.15, 0.2) is 36.8 Å². The van der Waals surface area contributed by atoms with Crippen molar-refractivity contribution in [1.29, 1.82) is 0 Å². The molecule has 0 N–H and O–H groups in total. The Labute approximate surface area is 283 Å². The van der Waals surface area contributed by atoms with E-state index in [1.165, 1.54) is 48.9 Å². The molecule has 47 heavy (non-hydrogen) atoms. The number of aryl methyl sites for hydroxylation is 1. The molecule has 0 spiro atoms. The monoisotopic (exact) mass is 660 g/mol. The minimum absolute atomic E-state index is 0.00390. The highest BCUT2D eigenvalue weighted by atomic mass is 32.1. The van der Waals surface area contributed by atoms with Crippen molar-refractivity contribution in [1.82, 2.24) is 29.2 Å². The van der Waals surface area contributed by atoms with Crippen LogP contribution in [0.5, 0.6) is 0 Å². The van der Waals surface area contributed by atoms with Gasteiger partial charge in [0, 0.05) is 93.8 Å². The maximum atomic E-state index is 14.5. The highest BCUT2D eigenvalue weighted by molar-refractivity contribution is 7.82. The zero-order chi connectivity index (χ0) is 33.2. The molecule has 2 amide bonds. The first-order valence-electron chi connectivity index (χ1n) is 17.4. The third kappa shape index (κ3) is 6.10. The van der Waals surface area contributed by atoms with E-state index in [1.54, 1.807) is 24.9 Å². The summed E-state index contributed by atoms with van der Waals surface area (Å²) in [4.78, 5) is 38.8. The van der Waals surface area contributed by atoms with Gasteiger partial charge in [-0.05, 0) is 94.2 Å². The van der Waals surface area contributed by atoms with Gasteiger partial charge >= 0.3 is 0 Å². The number of hydrogen-bond donors (Lipinski definition) is 1. The van der Waals surface area contributed by atoms with Gasteiger partial charge in [-0.1, -0.05) is 0 Å². The molecule has 3 aromatic rings. The summed E-state index contributed by atoms with van der Waals surface area (Å²) in [6, 6.07) is 5.17. The SMILES string of the molecule is CC(=O)N1CC2CN([C@H]3C[C@@H](CN4CC[C@H](Cc5cn(-c6ccc(F)cc6C(=O)N(C)C(C)C)c6cncc(C)c56)C4)C3)C[C@@]2(S)C1. The Hall–Kier alpha value is -2.95. The Balaban J connectivity index is 1.00. The van der Waals surface area contributed by atoms with Crippen molar-refractivity contribution >= 4 is 35.3 Å². The molecule has 0 radical (unpaired) electrons. The fraction of sp³-hybridized carbons (Fsp3) is 0.595. The Morgan fingerprint density at radius 3 is 2.64 bits per heavy atom. The molecule has 5 heterocycles. The zero-order valence-electron chi connectivity index (χ0n) is 28.5. The van der Waals surface area contributed by atoms with E-state index in [-0.39, 0.29) is 22.6 Å². The van der Waals surface area contributed by atoms with Crippen molar-refractivity contribution < 1.29 is 14.0 Å². The topological polar surface area (TPSA) is 64.9 Å². The highest BCUT2D eigenvalue weighted by Gasteiger charge is 2.53. The number of thiol groups is 1. The third-order valence-electron chi connectivity index (χ3n) is 11.7. The van der Waals surface area contributed by atoms with Gasteiger partial charge in [0.15, 0.2) is 0 Å². The minimum Gasteiger partial charge on any atom is -0.341 e. The van der Waals surface area contributed by atoms with E-state index < -0.39 is 5.82 Å². The van der Waals surface area contributed by atoms with Gasteiger partial charge in [-0.2, -0.15) is 12.6 Å². The van der Waals surface area contributed by atoms with E-state index in [9.17, 15) is 14.0 Å². The van der Waals surface area contributed by atoms with Crippen LogP contribution in [0, 0.1) is 30.5 Å². The first kappa shape index (κ1) is 32.6. The number of benzene rings is 1. The van der Waals surface area contributed by atoms with Gasteiger partial charge in [-0.3, -0.25) is 19.5 Å². The van der Waals surface area contributed by atoms with Crippen molar-refractivity contribution in [2.75, 3.05) is 52.9 Å². The summed E-state index contributed by atoms with van der Waals surface area (Å²) in [5.41, 5.74) is 4.37. The molecule has 1 saturated carbocycles. The van der Waals surface area contributed by atoms with Crippen LogP contribution in [0.2, 0.25) is 0 Å². The molecule has 3 atom stereocenters. The maximum Gasteiger partial charge on any atom is 0.256 e. The van der Waals surface area contributed by atoms with Crippen LogP contribution in [0.1, 0.15) is 61.5 Å². The number of aromatic nitrogens is 2. The number of rotatable bonds is 8. The molecular weight excluding hydrogens is 612 g/mol. The molecule has 2 aromatic heterocycles. The van der Waals surface area contributed by atoms with Crippen LogP contribution in [0.25, 0.3) is 16.6 Å². The Morgan fingerprint density at radius 1 is 1.13 bits per heavy atom. The molecule has 3 aliphatic heterocycles. The number of likely N-dealkylation sites (tertiary alicyclic amines) is 3. The fourth-order valence-electron chi connectivity index (χ4n) is 8.76. The first-order chi connectivity index (χ1) is 22.4. The van der Waals surface area contributed by atoms with Gasteiger partial charge in [-0.25, -0.2) is 4.39 Å². The van der Waals surface area contributed by atoms with Gasteiger partial charge in [-0.15, -0.1) is 0 Å². The van der Waals surface area contributed by atoms with Crippen LogP contribution in [0.3, 0.4) is 0 Å². The van der Waals surface area contributed by atoms with Gasteiger partial charge in [0.25, 0.3) is 5.91 Å². The van der Waals surface area contributed by atoms with Crippen molar-refractivity contribution in [3.05, 3.63) is 59.3 Å². The number of carbonyl (C=O) groups excluding carboxylic acids is 2. The largest absolute Gasteiger partial charge is 0.341 e. The lowest BCUT2D eigenvalue weighted by Gasteiger charge is -2.43. The van der Waals surface area contributed by atoms with E-state index in [1.807, 2.05) is 35.7 Å². The quantitative estimate of drug-likeness (QED) is 0.343. The molecular formula is C37H49FN6O2S. The maximum absolute atomic E-state index is 14.5. The molecule has 1 aliphatic carbocycles. The second-order valence-electron chi connectivity index (χ2n) is 15.3. The lowest BCUT2D eigenvalue weighted by Crippen LogP contribution is -2.49. The van der Waals surface area contributed by atoms with Gasteiger partial charge in [0.1, 0.15) is 5.82 Å². The van der Waals surface area contributed by atoms with Crippen molar-refractivity contribution in [3.8, 4) is 5.69 Å². The van der Waals surface area contributed by atoms with Crippen LogP contribution in [-0.2, 0) is 11.2 Å². The number of pyridine rings is 1. The average molecular weight is 661 g/mol. The molecule has 1 unspecified atom stereocenters. The summed E-state index contributed by atoms with van der Waals surface area (Å²) in [5.74, 6) is 1.35. The van der Waals surface area contributed by atoms with Gasteiger partial charge in [0.2, 0.25) is 5.91 Å². The molecule has 1 aromatic carbocycles. The predicted octanol–water partition coefficient (Wildman–Crippen LogP) is 5.06. The molecule has 10 heteroatoms. The molecule has 252 valence electrons. The summed E-state index contributed by atoms with van der Waals surface area (Å²) in [7, 11) is 1.76. The van der Waals surface area contributed by atoms with Crippen LogP contribution in [-0.4, -0.2) is 111 Å². The molecule has 3 saturated heterocycles. The summed E-state index contributed by atoms with van der Waals surface area (Å²) in [6.07, 6.45) is 10.6. The average Bonchev–Trinajstić information content (AvgIpc) is 3.75. The summed E-state index contributed by atoms with van der Waals surface area (Å²) >= 11 is 5.08.